The summed E-state index contributed by atoms with van der Waals surface area (Å²) in [6.07, 6.45) is 0.0132. The van der Waals surface area contributed by atoms with Crippen LogP contribution in [0.15, 0.2) is 53.4 Å². The molecule has 2 aromatic carbocycles. The number of nitrogens with one attached hydrogen (secondary N) is 2. The van der Waals surface area contributed by atoms with Gasteiger partial charge in [-0.05, 0) is 54.9 Å². The van der Waals surface area contributed by atoms with E-state index in [4.69, 9.17) is 21.5 Å². The van der Waals surface area contributed by atoms with E-state index in [0.717, 1.165) is 5.56 Å². The predicted molar refractivity (Wildman–Crippen MR) is 106 cm³/mol. The van der Waals surface area contributed by atoms with E-state index in [1.54, 1.807) is 18.2 Å². The zero-order valence-electron chi connectivity index (χ0n) is 15.3. The number of sulfone groups is 1. The SMILES string of the molecule is O=C(NO)C1(O)CNCCC1S(=O)(=O)c1ccc(OCc2cccc(Cl)c2)cc1. The molecule has 156 valence electrons. The third-order valence-electron chi connectivity index (χ3n) is 4.83. The number of rotatable bonds is 6. The molecule has 0 spiro atoms. The Morgan fingerprint density at radius 1 is 1.28 bits per heavy atom. The largest absolute Gasteiger partial charge is 0.489 e. The number of carbonyl (C=O) groups excluding carboxylic acids is 1. The third kappa shape index (κ3) is 4.54. The van der Waals surface area contributed by atoms with Gasteiger partial charge >= 0.3 is 0 Å². The second-order valence-corrected chi connectivity index (χ2v) is 9.32. The zero-order valence-corrected chi connectivity index (χ0v) is 16.9. The first kappa shape index (κ1) is 21.5. The van der Waals surface area contributed by atoms with Gasteiger partial charge in [-0.15, -0.1) is 0 Å². The summed E-state index contributed by atoms with van der Waals surface area (Å²) in [4.78, 5) is 11.9. The fraction of sp³-hybridized carbons (Fsp3) is 0.316. The molecule has 1 aliphatic heterocycles. The quantitative estimate of drug-likeness (QED) is 0.394. The number of hydrogen-bond acceptors (Lipinski definition) is 7. The van der Waals surface area contributed by atoms with Crippen LogP contribution in [-0.4, -0.2) is 48.6 Å². The summed E-state index contributed by atoms with van der Waals surface area (Å²) in [5.41, 5.74) is -0.0680. The molecule has 1 aliphatic rings. The minimum Gasteiger partial charge on any atom is -0.489 e. The van der Waals surface area contributed by atoms with E-state index >= 15 is 0 Å². The highest BCUT2D eigenvalue weighted by Gasteiger charge is 2.52. The van der Waals surface area contributed by atoms with E-state index in [0.29, 0.717) is 17.3 Å². The summed E-state index contributed by atoms with van der Waals surface area (Å²) in [6, 6.07) is 12.9. The third-order valence-corrected chi connectivity index (χ3v) is 7.37. The van der Waals surface area contributed by atoms with Crippen molar-refractivity contribution in [2.24, 2.45) is 0 Å². The van der Waals surface area contributed by atoms with Gasteiger partial charge in [-0.2, -0.15) is 0 Å². The summed E-state index contributed by atoms with van der Waals surface area (Å²) < 4.78 is 31.7. The van der Waals surface area contributed by atoms with Crippen LogP contribution in [0.5, 0.6) is 5.75 Å². The van der Waals surface area contributed by atoms with E-state index in [9.17, 15) is 18.3 Å². The van der Waals surface area contributed by atoms with Crippen LogP contribution in [0.2, 0.25) is 5.02 Å². The van der Waals surface area contributed by atoms with Gasteiger partial charge in [0.25, 0.3) is 5.91 Å². The number of hydroxylamine groups is 1. The molecule has 0 bridgehead atoms. The summed E-state index contributed by atoms with van der Waals surface area (Å²) in [5, 5.41) is 21.5. The van der Waals surface area contributed by atoms with Gasteiger partial charge in [0.15, 0.2) is 15.4 Å². The van der Waals surface area contributed by atoms with Gasteiger partial charge < -0.3 is 15.2 Å². The summed E-state index contributed by atoms with van der Waals surface area (Å²) in [7, 11) is -4.05. The predicted octanol–water partition coefficient (Wildman–Crippen LogP) is 1.29. The first-order chi connectivity index (χ1) is 13.8. The van der Waals surface area contributed by atoms with E-state index in [1.807, 2.05) is 6.07 Å². The number of carbonyl (C=O) groups is 1. The minimum atomic E-state index is -4.05. The molecule has 1 amide bonds. The summed E-state index contributed by atoms with van der Waals surface area (Å²) >= 11 is 5.94. The fourth-order valence-corrected chi connectivity index (χ4v) is 5.47. The molecule has 0 radical (unpaired) electrons. The number of piperidine rings is 1. The lowest BCUT2D eigenvalue weighted by atomic mass is 9.93. The lowest BCUT2D eigenvalue weighted by Crippen LogP contribution is -2.65. The first-order valence-electron chi connectivity index (χ1n) is 8.86. The Morgan fingerprint density at radius 3 is 2.66 bits per heavy atom. The zero-order chi connectivity index (χ0) is 21.1. The number of benzene rings is 2. The van der Waals surface area contributed by atoms with Crippen molar-refractivity contribution in [2.45, 2.75) is 28.8 Å². The number of amides is 1. The fourth-order valence-electron chi connectivity index (χ4n) is 3.28. The summed E-state index contributed by atoms with van der Waals surface area (Å²) in [5.74, 6) is -0.711. The number of hydrogen-bond donors (Lipinski definition) is 4. The monoisotopic (exact) mass is 440 g/mol. The second kappa shape index (κ2) is 8.68. The molecular weight excluding hydrogens is 420 g/mol. The molecule has 4 N–H and O–H groups in total. The normalized spacial score (nSPS) is 22.1. The molecule has 10 heteroatoms. The maximum Gasteiger partial charge on any atom is 0.277 e. The Balaban J connectivity index is 1.77. The Bertz CT molecular complexity index is 982. The van der Waals surface area contributed by atoms with Crippen molar-refractivity contribution in [2.75, 3.05) is 13.1 Å². The van der Waals surface area contributed by atoms with Crippen molar-refractivity contribution in [1.82, 2.24) is 10.8 Å². The van der Waals surface area contributed by atoms with Crippen molar-refractivity contribution in [3.8, 4) is 5.75 Å². The highest BCUT2D eigenvalue weighted by atomic mass is 35.5. The van der Waals surface area contributed by atoms with E-state index < -0.39 is 26.6 Å². The standard InChI is InChI=1S/C19H21ClN2O6S/c20-14-3-1-2-13(10-14)11-28-15-4-6-16(7-5-15)29(26,27)17-8-9-21-12-19(17,24)18(23)22-25/h1-7,10,17,21,24-25H,8-9,11-12H2,(H,22,23). The second-order valence-electron chi connectivity index (χ2n) is 6.75. The lowest BCUT2D eigenvalue weighted by Gasteiger charge is -2.37. The molecule has 3 rings (SSSR count). The highest BCUT2D eigenvalue weighted by Crippen LogP contribution is 2.30. The first-order valence-corrected chi connectivity index (χ1v) is 10.8. The van der Waals surface area contributed by atoms with Crippen LogP contribution in [-0.2, 0) is 21.2 Å². The van der Waals surface area contributed by atoms with E-state index in [1.165, 1.54) is 29.7 Å². The van der Waals surface area contributed by atoms with Gasteiger partial charge in [0.05, 0.1) is 4.90 Å². The molecule has 0 saturated carbocycles. The molecule has 2 aromatic rings. The molecule has 1 heterocycles. The van der Waals surface area contributed by atoms with Crippen molar-refractivity contribution >= 4 is 27.3 Å². The summed E-state index contributed by atoms with van der Waals surface area (Å²) in [6.45, 7) is 0.285. The average Bonchev–Trinajstić information content (AvgIpc) is 2.72. The number of halogens is 1. The van der Waals surface area contributed by atoms with Gasteiger partial charge in [0.2, 0.25) is 0 Å². The molecule has 1 saturated heterocycles. The Hall–Kier alpha value is -2.17. The van der Waals surface area contributed by atoms with Crippen molar-refractivity contribution in [1.29, 1.82) is 0 Å². The Kier molecular flexibility index (Phi) is 6.45. The Morgan fingerprint density at radius 2 is 2.00 bits per heavy atom. The number of aliphatic hydroxyl groups is 1. The van der Waals surface area contributed by atoms with Crippen LogP contribution in [0.3, 0.4) is 0 Å². The maximum absolute atomic E-state index is 13.0. The molecule has 2 unspecified atom stereocenters. The van der Waals surface area contributed by atoms with Crippen molar-refractivity contribution in [3.63, 3.8) is 0 Å². The van der Waals surface area contributed by atoms with E-state index in [2.05, 4.69) is 5.32 Å². The number of β-amino-alcohol motifs (C(OH)–C–C–N with tert-alkyl or cyclic N) is 1. The van der Waals surface area contributed by atoms with Gasteiger partial charge in [-0.25, -0.2) is 13.9 Å². The van der Waals surface area contributed by atoms with Crippen LogP contribution in [0.1, 0.15) is 12.0 Å². The highest BCUT2D eigenvalue weighted by molar-refractivity contribution is 7.92. The van der Waals surface area contributed by atoms with Crippen molar-refractivity contribution < 1.29 is 28.3 Å². The van der Waals surface area contributed by atoms with Gasteiger partial charge in [0.1, 0.15) is 17.6 Å². The average molecular weight is 441 g/mol. The topological polar surface area (TPSA) is 125 Å². The molecule has 1 fully saturated rings. The molecule has 8 nitrogen and oxygen atoms in total. The van der Waals surface area contributed by atoms with Crippen LogP contribution < -0.4 is 15.5 Å². The Labute approximate surface area is 173 Å². The van der Waals surface area contributed by atoms with Crippen LogP contribution >= 0.6 is 11.6 Å². The van der Waals surface area contributed by atoms with Gasteiger partial charge in [-0.3, -0.25) is 10.0 Å². The molecular formula is C19H21ClN2O6S. The molecule has 2 atom stereocenters. The van der Waals surface area contributed by atoms with Crippen molar-refractivity contribution in [3.05, 3.63) is 59.1 Å². The minimum absolute atomic E-state index is 0.0132. The maximum atomic E-state index is 13.0. The number of ether oxygens (including phenoxy) is 1. The van der Waals surface area contributed by atoms with Gasteiger partial charge in [-0.1, -0.05) is 23.7 Å². The van der Waals surface area contributed by atoms with Crippen LogP contribution in [0.25, 0.3) is 0 Å². The molecule has 0 aliphatic carbocycles. The van der Waals surface area contributed by atoms with Crippen LogP contribution in [0, 0.1) is 0 Å². The van der Waals surface area contributed by atoms with E-state index in [-0.39, 0.29) is 24.5 Å². The van der Waals surface area contributed by atoms with Crippen LogP contribution in [0.4, 0.5) is 0 Å². The lowest BCUT2D eigenvalue weighted by molar-refractivity contribution is -0.149. The molecule has 29 heavy (non-hydrogen) atoms. The van der Waals surface area contributed by atoms with Gasteiger partial charge in [0, 0.05) is 11.6 Å². The smallest absolute Gasteiger partial charge is 0.277 e. The molecule has 0 aromatic heterocycles.